The summed E-state index contributed by atoms with van der Waals surface area (Å²) < 4.78 is 15.6. The van der Waals surface area contributed by atoms with Gasteiger partial charge in [0.25, 0.3) is 0 Å². The van der Waals surface area contributed by atoms with Crippen LogP contribution in [0.15, 0.2) is 66.7 Å². The minimum Gasteiger partial charge on any atom is -0.497 e. The van der Waals surface area contributed by atoms with Gasteiger partial charge >= 0.3 is 0 Å². The van der Waals surface area contributed by atoms with E-state index in [1.807, 2.05) is 0 Å². The van der Waals surface area contributed by atoms with E-state index in [9.17, 15) is 14.4 Å². The first-order chi connectivity index (χ1) is 14.5. The Morgan fingerprint density at radius 3 is 1.70 bits per heavy atom. The van der Waals surface area contributed by atoms with E-state index in [-0.39, 0.29) is 28.2 Å². The second kappa shape index (κ2) is 9.05. The number of Topliss-reactive ketones (excluding diaryl/α,β-unsaturated/α-hetero) is 2. The molecule has 0 amide bonds. The van der Waals surface area contributed by atoms with Crippen molar-refractivity contribution in [2.24, 2.45) is 0 Å². The third-order valence-electron chi connectivity index (χ3n) is 4.61. The van der Waals surface area contributed by atoms with Crippen molar-refractivity contribution in [3.8, 4) is 17.2 Å². The molecule has 0 bridgehead atoms. The number of hydrogen-bond donors (Lipinski definition) is 0. The second-order valence-corrected chi connectivity index (χ2v) is 6.33. The fraction of sp³-hybridized carbons (Fsp3) is 0.125. The molecule has 0 spiro atoms. The van der Waals surface area contributed by atoms with E-state index in [2.05, 4.69) is 0 Å². The standard InChI is InChI=1S/C24H20O6/c1-28-17-11-9-16(10-12-17)23(26)24(27)19-14-21(30-3)20(29-2)13-18(19)22(25)15-7-5-4-6-8-15/h4-14H,1-3H3. The number of ketones is 3. The highest BCUT2D eigenvalue weighted by Crippen LogP contribution is 2.32. The average molecular weight is 404 g/mol. The summed E-state index contributed by atoms with van der Waals surface area (Å²) in [5, 5.41) is 0. The van der Waals surface area contributed by atoms with Gasteiger partial charge in [-0.25, -0.2) is 0 Å². The van der Waals surface area contributed by atoms with Crippen LogP contribution in [0.1, 0.15) is 36.6 Å². The average Bonchev–Trinajstić information content (AvgIpc) is 2.82. The molecule has 0 saturated carbocycles. The summed E-state index contributed by atoms with van der Waals surface area (Å²) in [5.41, 5.74) is 0.581. The monoisotopic (exact) mass is 404 g/mol. The van der Waals surface area contributed by atoms with Gasteiger partial charge in [-0.1, -0.05) is 30.3 Å². The molecule has 3 aromatic rings. The van der Waals surface area contributed by atoms with Crippen LogP contribution in [0.25, 0.3) is 0 Å². The van der Waals surface area contributed by atoms with E-state index >= 15 is 0 Å². The fourth-order valence-corrected chi connectivity index (χ4v) is 3.00. The number of carbonyl (C=O) groups excluding carboxylic acids is 3. The molecule has 0 unspecified atom stereocenters. The summed E-state index contributed by atoms with van der Waals surface area (Å²) in [4.78, 5) is 39.0. The molecule has 0 saturated heterocycles. The summed E-state index contributed by atoms with van der Waals surface area (Å²) >= 11 is 0. The largest absolute Gasteiger partial charge is 0.497 e. The van der Waals surface area contributed by atoms with Gasteiger partial charge < -0.3 is 14.2 Å². The van der Waals surface area contributed by atoms with E-state index < -0.39 is 17.3 Å². The highest BCUT2D eigenvalue weighted by molar-refractivity contribution is 6.50. The van der Waals surface area contributed by atoms with Crippen molar-refractivity contribution >= 4 is 17.3 Å². The van der Waals surface area contributed by atoms with Gasteiger partial charge in [-0.2, -0.15) is 0 Å². The Morgan fingerprint density at radius 2 is 1.17 bits per heavy atom. The SMILES string of the molecule is COc1ccc(C(=O)C(=O)c2cc(OC)c(OC)cc2C(=O)c2ccccc2)cc1. The van der Waals surface area contributed by atoms with Crippen molar-refractivity contribution < 1.29 is 28.6 Å². The predicted octanol–water partition coefficient (Wildman–Crippen LogP) is 4.01. The molecule has 0 aliphatic carbocycles. The van der Waals surface area contributed by atoms with E-state index in [4.69, 9.17) is 14.2 Å². The van der Waals surface area contributed by atoms with Crippen LogP contribution in [0.5, 0.6) is 17.2 Å². The van der Waals surface area contributed by atoms with Crippen molar-refractivity contribution in [2.75, 3.05) is 21.3 Å². The summed E-state index contributed by atoms with van der Waals surface area (Å²) in [6.07, 6.45) is 0. The van der Waals surface area contributed by atoms with Gasteiger partial charge in [0.15, 0.2) is 17.3 Å². The van der Waals surface area contributed by atoms with Gasteiger partial charge in [0, 0.05) is 22.3 Å². The van der Waals surface area contributed by atoms with Crippen LogP contribution in [-0.4, -0.2) is 38.7 Å². The first-order valence-corrected chi connectivity index (χ1v) is 9.09. The molecule has 3 aromatic carbocycles. The molecule has 6 heteroatoms. The number of rotatable bonds is 8. The summed E-state index contributed by atoms with van der Waals surface area (Å²) in [6.45, 7) is 0. The van der Waals surface area contributed by atoms with Crippen molar-refractivity contribution in [2.45, 2.75) is 0 Å². The second-order valence-electron chi connectivity index (χ2n) is 6.33. The Kier molecular flexibility index (Phi) is 6.27. The van der Waals surface area contributed by atoms with E-state index in [1.165, 1.54) is 45.6 Å². The number of carbonyl (C=O) groups is 3. The number of benzene rings is 3. The smallest absolute Gasteiger partial charge is 0.234 e. The Balaban J connectivity index is 2.10. The van der Waals surface area contributed by atoms with E-state index in [1.54, 1.807) is 42.5 Å². The third-order valence-corrected chi connectivity index (χ3v) is 4.61. The molecule has 0 fully saturated rings. The minimum atomic E-state index is -0.819. The Labute approximate surface area is 174 Å². The lowest BCUT2D eigenvalue weighted by Crippen LogP contribution is -2.19. The van der Waals surface area contributed by atoms with Crippen LogP contribution in [0.3, 0.4) is 0 Å². The molecule has 152 valence electrons. The van der Waals surface area contributed by atoms with Gasteiger partial charge in [-0.3, -0.25) is 14.4 Å². The molecule has 0 heterocycles. The van der Waals surface area contributed by atoms with Crippen molar-refractivity contribution in [1.82, 2.24) is 0 Å². The number of ether oxygens (including phenoxy) is 3. The number of hydrogen-bond acceptors (Lipinski definition) is 6. The molecule has 3 rings (SSSR count). The summed E-state index contributed by atoms with van der Waals surface area (Å²) in [6, 6.07) is 17.5. The van der Waals surface area contributed by atoms with Gasteiger partial charge in [0.2, 0.25) is 11.6 Å². The number of methoxy groups -OCH3 is 3. The van der Waals surface area contributed by atoms with Crippen LogP contribution in [-0.2, 0) is 0 Å². The van der Waals surface area contributed by atoms with E-state index in [0.29, 0.717) is 11.3 Å². The van der Waals surface area contributed by atoms with Gasteiger partial charge in [0.1, 0.15) is 5.75 Å². The van der Waals surface area contributed by atoms with Gasteiger partial charge in [0.05, 0.1) is 21.3 Å². The Morgan fingerprint density at radius 1 is 0.600 bits per heavy atom. The molecule has 0 aliphatic rings. The fourth-order valence-electron chi connectivity index (χ4n) is 3.00. The summed E-state index contributed by atoms with van der Waals surface area (Å²) in [5.74, 6) is -0.877. The van der Waals surface area contributed by atoms with Crippen molar-refractivity contribution in [3.05, 3.63) is 89.0 Å². The van der Waals surface area contributed by atoms with Gasteiger partial charge in [-0.05, 0) is 36.4 Å². The van der Waals surface area contributed by atoms with Crippen LogP contribution in [0.4, 0.5) is 0 Å². The molecule has 0 aromatic heterocycles. The molecule has 0 atom stereocenters. The first-order valence-electron chi connectivity index (χ1n) is 9.09. The normalized spacial score (nSPS) is 10.2. The lowest BCUT2D eigenvalue weighted by Gasteiger charge is -2.14. The van der Waals surface area contributed by atoms with Crippen molar-refractivity contribution in [1.29, 1.82) is 0 Å². The van der Waals surface area contributed by atoms with Gasteiger partial charge in [-0.15, -0.1) is 0 Å². The zero-order valence-electron chi connectivity index (χ0n) is 16.8. The molecular formula is C24H20O6. The van der Waals surface area contributed by atoms with Crippen LogP contribution < -0.4 is 14.2 Å². The first kappa shape index (κ1) is 20.8. The highest BCUT2D eigenvalue weighted by Gasteiger charge is 2.27. The van der Waals surface area contributed by atoms with Crippen LogP contribution in [0.2, 0.25) is 0 Å². The maximum absolute atomic E-state index is 13.1. The summed E-state index contributed by atoms with van der Waals surface area (Å²) in [7, 11) is 4.35. The van der Waals surface area contributed by atoms with Crippen LogP contribution >= 0.6 is 0 Å². The molecule has 0 N–H and O–H groups in total. The third kappa shape index (κ3) is 4.07. The predicted molar refractivity (Wildman–Crippen MR) is 111 cm³/mol. The maximum Gasteiger partial charge on any atom is 0.234 e. The Bertz CT molecular complexity index is 1080. The highest BCUT2D eigenvalue weighted by atomic mass is 16.5. The minimum absolute atomic E-state index is 0.0534. The molecule has 0 radical (unpaired) electrons. The molecule has 0 aliphatic heterocycles. The maximum atomic E-state index is 13.1. The lowest BCUT2D eigenvalue weighted by atomic mass is 9.92. The van der Waals surface area contributed by atoms with Crippen LogP contribution in [0, 0.1) is 0 Å². The van der Waals surface area contributed by atoms with E-state index in [0.717, 1.165) is 0 Å². The molecule has 6 nitrogen and oxygen atoms in total. The zero-order chi connectivity index (χ0) is 21.7. The topological polar surface area (TPSA) is 78.9 Å². The lowest BCUT2D eigenvalue weighted by molar-refractivity contribution is 0.0815. The zero-order valence-corrected chi connectivity index (χ0v) is 16.8. The molecule has 30 heavy (non-hydrogen) atoms. The van der Waals surface area contributed by atoms with Crippen molar-refractivity contribution in [3.63, 3.8) is 0 Å². The Hall–Kier alpha value is -3.93. The molecular weight excluding hydrogens is 384 g/mol. The quantitative estimate of drug-likeness (QED) is 0.417.